The van der Waals surface area contributed by atoms with Crippen LogP contribution >= 0.6 is 0 Å². The molecule has 0 saturated carbocycles. The Labute approximate surface area is 133 Å². The molecule has 3 N–H and O–H groups in total. The third-order valence-electron chi connectivity index (χ3n) is 3.51. The van der Waals surface area contributed by atoms with Crippen LogP contribution in [0.15, 0.2) is 18.2 Å². The number of amides is 2. The Hall–Kier alpha value is -1.91. The Kier molecular flexibility index (Phi) is 8.88. The van der Waals surface area contributed by atoms with E-state index in [1.54, 1.807) is 18.2 Å². The lowest BCUT2D eigenvalue weighted by Crippen LogP contribution is -2.35. The second-order valence-electron chi connectivity index (χ2n) is 5.38. The summed E-state index contributed by atoms with van der Waals surface area (Å²) in [5.74, 6) is 0.505. The van der Waals surface area contributed by atoms with E-state index < -0.39 is 0 Å². The zero-order valence-corrected chi connectivity index (χ0v) is 13.7. The molecule has 0 radical (unpaired) electrons. The first kappa shape index (κ1) is 18.1. The summed E-state index contributed by atoms with van der Waals surface area (Å²) in [5, 5.41) is 15.2. The van der Waals surface area contributed by atoms with Gasteiger partial charge in [0, 0.05) is 13.1 Å². The first-order valence-corrected chi connectivity index (χ1v) is 8.05. The number of hydrogen-bond acceptors (Lipinski definition) is 3. The molecule has 0 aliphatic heterocycles. The van der Waals surface area contributed by atoms with Crippen molar-refractivity contribution in [2.75, 3.05) is 13.7 Å². The average Bonchev–Trinajstić information content (AvgIpc) is 2.53. The average molecular weight is 308 g/mol. The summed E-state index contributed by atoms with van der Waals surface area (Å²) < 4.78 is 5.03. The summed E-state index contributed by atoms with van der Waals surface area (Å²) in [4.78, 5) is 11.7. The molecular formula is C17H28N2O3. The molecule has 1 aromatic rings. The smallest absolute Gasteiger partial charge is 0.315 e. The van der Waals surface area contributed by atoms with Crippen molar-refractivity contribution >= 4 is 6.03 Å². The Balaban J connectivity index is 2.15. The molecule has 0 aliphatic rings. The minimum absolute atomic E-state index is 0.0961. The topological polar surface area (TPSA) is 70.6 Å². The van der Waals surface area contributed by atoms with Gasteiger partial charge in [-0.15, -0.1) is 0 Å². The second kappa shape index (κ2) is 10.8. The first-order chi connectivity index (χ1) is 10.7. The number of benzene rings is 1. The van der Waals surface area contributed by atoms with Gasteiger partial charge in [-0.05, 0) is 24.1 Å². The van der Waals surface area contributed by atoms with Gasteiger partial charge in [-0.2, -0.15) is 0 Å². The minimum Gasteiger partial charge on any atom is -0.504 e. The lowest BCUT2D eigenvalue weighted by atomic mass is 10.1. The molecule has 0 aliphatic carbocycles. The highest BCUT2D eigenvalue weighted by Crippen LogP contribution is 2.26. The molecule has 0 aromatic heterocycles. The SMILES string of the molecule is CCCCCCCCNC(=O)NCc1ccc(O)c(OC)c1. The van der Waals surface area contributed by atoms with Crippen molar-refractivity contribution in [3.8, 4) is 11.5 Å². The molecule has 5 heteroatoms. The summed E-state index contributed by atoms with van der Waals surface area (Å²) in [6, 6.07) is 4.86. The molecule has 1 aromatic carbocycles. The summed E-state index contributed by atoms with van der Waals surface area (Å²) >= 11 is 0. The van der Waals surface area contributed by atoms with Crippen LogP contribution in [0, 0.1) is 0 Å². The van der Waals surface area contributed by atoms with Gasteiger partial charge in [-0.3, -0.25) is 0 Å². The van der Waals surface area contributed by atoms with Gasteiger partial charge in [0.15, 0.2) is 11.5 Å². The van der Waals surface area contributed by atoms with E-state index in [2.05, 4.69) is 17.6 Å². The summed E-state index contributed by atoms with van der Waals surface area (Å²) in [6.45, 7) is 3.31. The van der Waals surface area contributed by atoms with E-state index in [1.165, 1.54) is 32.8 Å². The predicted molar refractivity (Wildman–Crippen MR) is 88.3 cm³/mol. The first-order valence-electron chi connectivity index (χ1n) is 8.05. The molecule has 0 spiro atoms. The molecule has 5 nitrogen and oxygen atoms in total. The Morgan fingerprint density at radius 3 is 2.59 bits per heavy atom. The summed E-state index contributed by atoms with van der Waals surface area (Å²) in [5.41, 5.74) is 0.879. The van der Waals surface area contributed by atoms with Crippen LogP contribution in [0.1, 0.15) is 51.0 Å². The van der Waals surface area contributed by atoms with Gasteiger partial charge in [-0.1, -0.05) is 45.1 Å². The fraction of sp³-hybridized carbons (Fsp3) is 0.588. The lowest BCUT2D eigenvalue weighted by Gasteiger charge is -2.09. The third kappa shape index (κ3) is 7.20. The maximum atomic E-state index is 11.7. The number of carbonyl (C=O) groups excluding carboxylic acids is 1. The monoisotopic (exact) mass is 308 g/mol. The van der Waals surface area contributed by atoms with E-state index >= 15 is 0 Å². The standard InChI is InChI=1S/C17H28N2O3/c1-3-4-5-6-7-8-11-18-17(21)19-13-14-9-10-15(20)16(12-14)22-2/h9-10,12,20H,3-8,11,13H2,1-2H3,(H2,18,19,21). The normalized spacial score (nSPS) is 10.3. The zero-order valence-electron chi connectivity index (χ0n) is 13.7. The number of phenolic OH excluding ortho intramolecular Hbond substituents is 1. The van der Waals surface area contributed by atoms with Crippen LogP contribution in [0.4, 0.5) is 4.79 Å². The van der Waals surface area contributed by atoms with E-state index in [0.717, 1.165) is 18.4 Å². The van der Waals surface area contributed by atoms with Crippen LogP contribution < -0.4 is 15.4 Å². The van der Waals surface area contributed by atoms with Crippen LogP contribution in [0.25, 0.3) is 0 Å². The fourth-order valence-electron chi connectivity index (χ4n) is 2.18. The largest absolute Gasteiger partial charge is 0.504 e. The minimum atomic E-state index is -0.166. The number of carbonyl (C=O) groups is 1. The summed E-state index contributed by atoms with van der Waals surface area (Å²) in [7, 11) is 1.50. The highest BCUT2D eigenvalue weighted by Gasteiger charge is 2.04. The molecule has 0 atom stereocenters. The van der Waals surface area contributed by atoms with Gasteiger partial charge in [-0.25, -0.2) is 4.79 Å². The second-order valence-corrected chi connectivity index (χ2v) is 5.38. The van der Waals surface area contributed by atoms with Crippen molar-refractivity contribution in [1.29, 1.82) is 0 Å². The Morgan fingerprint density at radius 1 is 1.14 bits per heavy atom. The highest BCUT2D eigenvalue weighted by atomic mass is 16.5. The van der Waals surface area contributed by atoms with Crippen molar-refractivity contribution in [2.45, 2.75) is 52.0 Å². The molecule has 0 saturated heterocycles. The van der Waals surface area contributed by atoms with Gasteiger partial charge < -0.3 is 20.5 Å². The van der Waals surface area contributed by atoms with Crippen molar-refractivity contribution in [3.05, 3.63) is 23.8 Å². The Morgan fingerprint density at radius 2 is 1.86 bits per heavy atom. The third-order valence-corrected chi connectivity index (χ3v) is 3.51. The van der Waals surface area contributed by atoms with Gasteiger partial charge in [0.25, 0.3) is 0 Å². The molecular weight excluding hydrogens is 280 g/mol. The predicted octanol–water partition coefficient (Wildman–Crippen LogP) is 3.56. The molecule has 124 valence electrons. The van der Waals surface area contributed by atoms with Gasteiger partial charge in [0.2, 0.25) is 0 Å². The molecule has 0 fully saturated rings. The molecule has 22 heavy (non-hydrogen) atoms. The fourth-order valence-corrected chi connectivity index (χ4v) is 2.18. The van der Waals surface area contributed by atoms with Crippen LogP contribution in [0.3, 0.4) is 0 Å². The molecule has 1 rings (SSSR count). The van der Waals surface area contributed by atoms with Crippen LogP contribution in [-0.2, 0) is 6.54 Å². The van der Waals surface area contributed by atoms with Gasteiger partial charge in [0.1, 0.15) is 0 Å². The van der Waals surface area contributed by atoms with Crippen molar-refractivity contribution in [3.63, 3.8) is 0 Å². The van der Waals surface area contributed by atoms with Crippen molar-refractivity contribution in [1.82, 2.24) is 10.6 Å². The van der Waals surface area contributed by atoms with E-state index in [1.807, 2.05) is 0 Å². The molecule has 0 unspecified atom stereocenters. The number of unbranched alkanes of at least 4 members (excludes halogenated alkanes) is 5. The number of ether oxygens (including phenoxy) is 1. The molecule has 0 heterocycles. The van der Waals surface area contributed by atoms with Crippen LogP contribution in [0.5, 0.6) is 11.5 Å². The molecule has 2 amide bonds. The zero-order chi connectivity index (χ0) is 16.2. The van der Waals surface area contributed by atoms with Gasteiger partial charge >= 0.3 is 6.03 Å². The number of nitrogens with one attached hydrogen (secondary N) is 2. The number of urea groups is 1. The van der Waals surface area contributed by atoms with E-state index in [0.29, 0.717) is 18.8 Å². The van der Waals surface area contributed by atoms with Crippen molar-refractivity contribution in [2.24, 2.45) is 0 Å². The number of methoxy groups -OCH3 is 1. The van der Waals surface area contributed by atoms with Crippen LogP contribution in [-0.4, -0.2) is 24.8 Å². The molecule has 0 bridgehead atoms. The van der Waals surface area contributed by atoms with E-state index in [9.17, 15) is 9.90 Å². The number of phenols is 1. The quantitative estimate of drug-likeness (QED) is 0.579. The maximum Gasteiger partial charge on any atom is 0.315 e. The van der Waals surface area contributed by atoms with Crippen LogP contribution in [0.2, 0.25) is 0 Å². The van der Waals surface area contributed by atoms with Gasteiger partial charge in [0.05, 0.1) is 7.11 Å². The number of aromatic hydroxyl groups is 1. The maximum absolute atomic E-state index is 11.7. The van der Waals surface area contributed by atoms with E-state index in [-0.39, 0.29) is 11.8 Å². The number of hydrogen-bond donors (Lipinski definition) is 3. The lowest BCUT2D eigenvalue weighted by molar-refractivity contribution is 0.240. The van der Waals surface area contributed by atoms with Crippen molar-refractivity contribution < 1.29 is 14.6 Å². The summed E-state index contributed by atoms with van der Waals surface area (Å²) in [6.07, 6.45) is 7.25. The van der Waals surface area contributed by atoms with E-state index in [4.69, 9.17) is 4.74 Å². The number of rotatable bonds is 10. The Bertz CT molecular complexity index is 450. The highest BCUT2D eigenvalue weighted by molar-refractivity contribution is 5.73.